The van der Waals surface area contributed by atoms with Crippen molar-refractivity contribution in [2.75, 3.05) is 27.3 Å². The molecule has 2 atom stereocenters. The van der Waals surface area contributed by atoms with Gasteiger partial charge < -0.3 is 24.4 Å². The van der Waals surface area contributed by atoms with E-state index in [1.54, 1.807) is 20.3 Å². The van der Waals surface area contributed by atoms with Crippen molar-refractivity contribution in [1.82, 2.24) is 9.80 Å². The second kappa shape index (κ2) is 6.55. The fourth-order valence-electron chi connectivity index (χ4n) is 3.65. The number of nitrogens with zero attached hydrogens (tertiary/aromatic N) is 2. The normalized spacial score (nSPS) is 26.0. The first-order valence-electron chi connectivity index (χ1n) is 8.46. The topological polar surface area (TPSA) is 79.3 Å². The van der Waals surface area contributed by atoms with Crippen LogP contribution in [0.3, 0.4) is 0 Å². The predicted octanol–water partition coefficient (Wildman–Crippen LogP) is 0.788. The highest BCUT2D eigenvalue weighted by molar-refractivity contribution is 5.98. The number of aliphatic hydroxyl groups is 1. The Morgan fingerprint density at radius 3 is 2.64 bits per heavy atom. The third-order valence-corrected chi connectivity index (χ3v) is 5.07. The molecule has 2 aliphatic heterocycles. The number of carbonyl (C=O) groups excluding carboxylic acids is 2. The van der Waals surface area contributed by atoms with Gasteiger partial charge in [-0.05, 0) is 43.9 Å². The molecule has 7 heteroatoms. The average Bonchev–Trinajstić information content (AvgIpc) is 3.09. The first-order valence-corrected chi connectivity index (χ1v) is 8.46. The van der Waals surface area contributed by atoms with E-state index in [1.165, 1.54) is 16.7 Å². The summed E-state index contributed by atoms with van der Waals surface area (Å²) < 4.78 is 10.5. The molecule has 2 fully saturated rings. The third kappa shape index (κ3) is 2.93. The minimum atomic E-state index is -1.80. The molecule has 136 valence electrons. The molecule has 7 nitrogen and oxygen atoms in total. The summed E-state index contributed by atoms with van der Waals surface area (Å²) in [7, 11) is 3.13. The van der Waals surface area contributed by atoms with Crippen molar-refractivity contribution < 1.29 is 24.2 Å². The van der Waals surface area contributed by atoms with E-state index in [9.17, 15) is 14.7 Å². The lowest BCUT2D eigenvalue weighted by Gasteiger charge is -2.45. The van der Waals surface area contributed by atoms with Crippen LogP contribution in [0.4, 0.5) is 0 Å². The molecule has 2 saturated heterocycles. The number of methoxy groups -OCH3 is 2. The zero-order chi connectivity index (χ0) is 18.2. The summed E-state index contributed by atoms with van der Waals surface area (Å²) in [5.74, 6) is 0.670. The Morgan fingerprint density at radius 1 is 1.24 bits per heavy atom. The molecule has 3 rings (SSSR count). The fourth-order valence-corrected chi connectivity index (χ4v) is 3.65. The van der Waals surface area contributed by atoms with Gasteiger partial charge in [-0.15, -0.1) is 0 Å². The Bertz CT molecular complexity index is 688. The smallest absolute Gasteiger partial charge is 0.276 e. The largest absolute Gasteiger partial charge is 0.493 e. The van der Waals surface area contributed by atoms with Crippen molar-refractivity contribution in [3.8, 4) is 11.5 Å². The Balaban J connectivity index is 1.77. The number of benzene rings is 1. The Kier molecular flexibility index (Phi) is 4.60. The van der Waals surface area contributed by atoms with Crippen LogP contribution in [0.15, 0.2) is 18.2 Å². The molecule has 0 aromatic heterocycles. The van der Waals surface area contributed by atoms with Gasteiger partial charge in [0, 0.05) is 13.1 Å². The molecular formula is C18H24N2O5. The molecular weight excluding hydrogens is 324 g/mol. The van der Waals surface area contributed by atoms with E-state index < -0.39 is 11.8 Å². The Morgan fingerprint density at radius 2 is 1.96 bits per heavy atom. The molecule has 0 bridgehead atoms. The van der Waals surface area contributed by atoms with Gasteiger partial charge in [0.15, 0.2) is 11.5 Å². The minimum Gasteiger partial charge on any atom is -0.493 e. The maximum absolute atomic E-state index is 12.7. The zero-order valence-corrected chi connectivity index (χ0v) is 14.8. The quantitative estimate of drug-likeness (QED) is 0.851. The van der Waals surface area contributed by atoms with E-state index in [1.807, 2.05) is 12.1 Å². The number of amides is 2. The monoisotopic (exact) mass is 348 g/mol. The van der Waals surface area contributed by atoms with Gasteiger partial charge in [-0.25, -0.2) is 0 Å². The van der Waals surface area contributed by atoms with Crippen LogP contribution in [-0.4, -0.2) is 65.8 Å². The van der Waals surface area contributed by atoms with Crippen molar-refractivity contribution >= 4 is 11.8 Å². The number of fused-ring (bicyclic) bond motifs is 1. The van der Waals surface area contributed by atoms with Gasteiger partial charge in [0.05, 0.1) is 14.2 Å². The molecule has 1 aromatic rings. The van der Waals surface area contributed by atoms with Crippen LogP contribution in [0.25, 0.3) is 0 Å². The van der Waals surface area contributed by atoms with Crippen molar-refractivity contribution in [2.24, 2.45) is 0 Å². The molecule has 0 spiro atoms. The van der Waals surface area contributed by atoms with E-state index in [2.05, 4.69) is 0 Å². The number of piperazine rings is 1. The molecule has 1 unspecified atom stereocenters. The zero-order valence-electron chi connectivity index (χ0n) is 14.8. The SMILES string of the molecule is COc1ccc(CCN2C(=O)[C@@H]3CCCN3C(=O)C2(C)O)cc1OC. The van der Waals surface area contributed by atoms with Gasteiger partial charge in [0.2, 0.25) is 11.6 Å². The second-order valence-corrected chi connectivity index (χ2v) is 6.61. The highest BCUT2D eigenvalue weighted by atomic mass is 16.5. The van der Waals surface area contributed by atoms with Crippen LogP contribution in [0.1, 0.15) is 25.3 Å². The van der Waals surface area contributed by atoms with Crippen LogP contribution in [-0.2, 0) is 16.0 Å². The average molecular weight is 348 g/mol. The fraction of sp³-hybridized carbons (Fsp3) is 0.556. The van der Waals surface area contributed by atoms with Crippen molar-refractivity contribution in [3.05, 3.63) is 23.8 Å². The predicted molar refractivity (Wildman–Crippen MR) is 90.3 cm³/mol. The summed E-state index contributed by atoms with van der Waals surface area (Å²) in [5.41, 5.74) is -0.864. The number of rotatable bonds is 5. The lowest BCUT2D eigenvalue weighted by atomic mass is 10.0. The molecule has 0 saturated carbocycles. The molecule has 2 heterocycles. The van der Waals surface area contributed by atoms with Gasteiger partial charge in [0.25, 0.3) is 5.91 Å². The van der Waals surface area contributed by atoms with E-state index in [0.717, 1.165) is 12.0 Å². The third-order valence-electron chi connectivity index (χ3n) is 5.07. The van der Waals surface area contributed by atoms with Crippen LogP contribution >= 0.6 is 0 Å². The lowest BCUT2D eigenvalue weighted by molar-refractivity contribution is -0.193. The van der Waals surface area contributed by atoms with E-state index in [4.69, 9.17) is 9.47 Å². The number of hydrogen-bond acceptors (Lipinski definition) is 5. The summed E-state index contributed by atoms with van der Waals surface area (Å²) in [6.45, 7) is 2.20. The molecule has 0 aliphatic carbocycles. The molecule has 2 aliphatic rings. The van der Waals surface area contributed by atoms with Gasteiger partial charge in [-0.2, -0.15) is 0 Å². The van der Waals surface area contributed by atoms with E-state index in [-0.39, 0.29) is 18.4 Å². The Hall–Kier alpha value is -2.28. The standard InChI is InChI=1S/C18H24N2O5/c1-18(23)17(22)19-9-4-5-13(19)16(21)20(18)10-8-12-6-7-14(24-2)15(11-12)25-3/h6-7,11,13,23H,4-5,8-10H2,1-3H3/t13-,18?/m0/s1. The van der Waals surface area contributed by atoms with Gasteiger partial charge >= 0.3 is 0 Å². The van der Waals surface area contributed by atoms with Crippen molar-refractivity contribution in [3.63, 3.8) is 0 Å². The van der Waals surface area contributed by atoms with Crippen LogP contribution in [0.5, 0.6) is 11.5 Å². The summed E-state index contributed by atoms with van der Waals surface area (Å²) >= 11 is 0. The maximum atomic E-state index is 12.7. The van der Waals surface area contributed by atoms with Crippen molar-refractivity contribution in [2.45, 2.75) is 38.0 Å². The number of ether oxygens (including phenoxy) is 2. The Labute approximate surface area is 147 Å². The molecule has 0 radical (unpaired) electrons. The summed E-state index contributed by atoms with van der Waals surface area (Å²) in [5, 5.41) is 10.7. The maximum Gasteiger partial charge on any atom is 0.276 e. The van der Waals surface area contributed by atoms with Crippen molar-refractivity contribution in [1.29, 1.82) is 0 Å². The minimum absolute atomic E-state index is 0.178. The summed E-state index contributed by atoms with van der Waals surface area (Å²) in [6.07, 6.45) is 1.96. The van der Waals surface area contributed by atoms with E-state index in [0.29, 0.717) is 30.9 Å². The number of hydrogen-bond donors (Lipinski definition) is 1. The first kappa shape index (κ1) is 17.5. The molecule has 2 amide bonds. The van der Waals surface area contributed by atoms with Crippen LogP contribution < -0.4 is 9.47 Å². The molecule has 1 aromatic carbocycles. The summed E-state index contributed by atoms with van der Waals surface area (Å²) in [4.78, 5) is 28.1. The first-order chi connectivity index (χ1) is 11.9. The molecule has 1 N–H and O–H groups in total. The highest BCUT2D eigenvalue weighted by Gasteiger charge is 2.53. The van der Waals surface area contributed by atoms with Gasteiger partial charge in [-0.1, -0.05) is 6.07 Å². The lowest BCUT2D eigenvalue weighted by Crippen LogP contribution is -2.69. The summed E-state index contributed by atoms with van der Waals surface area (Å²) in [6, 6.07) is 5.09. The highest BCUT2D eigenvalue weighted by Crippen LogP contribution is 2.32. The van der Waals surface area contributed by atoms with E-state index >= 15 is 0 Å². The second-order valence-electron chi connectivity index (χ2n) is 6.61. The van der Waals surface area contributed by atoms with Gasteiger partial charge in [-0.3, -0.25) is 9.59 Å². The van der Waals surface area contributed by atoms with Crippen LogP contribution in [0.2, 0.25) is 0 Å². The molecule has 25 heavy (non-hydrogen) atoms. The van der Waals surface area contributed by atoms with Gasteiger partial charge in [0.1, 0.15) is 6.04 Å². The van der Waals surface area contributed by atoms with Crippen LogP contribution in [0, 0.1) is 0 Å². The number of carbonyl (C=O) groups is 2.